The summed E-state index contributed by atoms with van der Waals surface area (Å²) >= 11 is 1.31. The number of amides is 1. The van der Waals surface area contributed by atoms with Crippen molar-refractivity contribution in [3.63, 3.8) is 0 Å². The number of aromatic nitrogens is 3. The van der Waals surface area contributed by atoms with Crippen molar-refractivity contribution >= 4 is 30.0 Å². The quantitative estimate of drug-likeness (QED) is 0.329. The third kappa shape index (κ3) is 5.58. The van der Waals surface area contributed by atoms with Gasteiger partial charge in [-0.05, 0) is 55.5 Å². The van der Waals surface area contributed by atoms with E-state index in [4.69, 9.17) is 9.15 Å². The number of allylic oxidation sites excluding steroid dienone is 1. The van der Waals surface area contributed by atoms with E-state index in [1.165, 1.54) is 18.0 Å². The lowest BCUT2D eigenvalue weighted by Gasteiger charge is -2.07. The number of furan rings is 1. The molecule has 0 unspecified atom stereocenters. The van der Waals surface area contributed by atoms with Gasteiger partial charge in [-0.2, -0.15) is 5.10 Å². The van der Waals surface area contributed by atoms with Crippen LogP contribution in [0.15, 0.2) is 63.4 Å². The summed E-state index contributed by atoms with van der Waals surface area (Å²) in [5.74, 6) is 2.19. The number of carbonyl (C=O) groups is 1. The summed E-state index contributed by atoms with van der Waals surface area (Å²) in [7, 11) is 1.63. The Morgan fingerprint density at radius 1 is 1.31 bits per heavy atom. The van der Waals surface area contributed by atoms with Crippen molar-refractivity contribution in [1.29, 1.82) is 0 Å². The molecule has 2 heterocycles. The van der Waals surface area contributed by atoms with Crippen LogP contribution < -0.4 is 10.2 Å². The summed E-state index contributed by atoms with van der Waals surface area (Å²) in [5, 5.41) is 13.0. The highest BCUT2D eigenvalue weighted by Gasteiger charge is 2.14. The predicted molar refractivity (Wildman–Crippen MR) is 113 cm³/mol. The van der Waals surface area contributed by atoms with Crippen molar-refractivity contribution in [1.82, 2.24) is 20.2 Å². The first kappa shape index (κ1) is 20.4. The van der Waals surface area contributed by atoms with Gasteiger partial charge in [0.15, 0.2) is 11.0 Å². The number of hydrazone groups is 1. The molecule has 150 valence electrons. The number of methoxy groups -OCH3 is 1. The van der Waals surface area contributed by atoms with Gasteiger partial charge in [-0.1, -0.05) is 11.8 Å². The zero-order valence-electron chi connectivity index (χ0n) is 16.1. The first-order valence-corrected chi connectivity index (χ1v) is 9.92. The van der Waals surface area contributed by atoms with E-state index < -0.39 is 0 Å². The fourth-order valence-electron chi connectivity index (χ4n) is 2.47. The lowest BCUT2D eigenvalue weighted by Crippen LogP contribution is -2.19. The van der Waals surface area contributed by atoms with E-state index in [-0.39, 0.29) is 11.7 Å². The SMILES string of the molecule is CCn1c(SCC(=O)N/N=C/C=C/c2ccco2)nnc1-c1ccc(OC)cc1. The van der Waals surface area contributed by atoms with Crippen LogP contribution in [0.1, 0.15) is 12.7 Å². The molecule has 0 saturated carbocycles. The van der Waals surface area contributed by atoms with Crippen molar-refractivity contribution < 1.29 is 13.9 Å². The molecule has 8 nitrogen and oxygen atoms in total. The Bertz CT molecular complexity index is 978. The summed E-state index contributed by atoms with van der Waals surface area (Å²) in [6.07, 6.45) is 6.50. The average Bonchev–Trinajstić information content (AvgIpc) is 3.41. The first-order chi connectivity index (χ1) is 14.2. The van der Waals surface area contributed by atoms with Crippen molar-refractivity contribution in [2.45, 2.75) is 18.6 Å². The number of rotatable bonds is 9. The fraction of sp³-hybridized carbons (Fsp3) is 0.200. The van der Waals surface area contributed by atoms with Gasteiger partial charge in [0.2, 0.25) is 0 Å². The molecule has 0 radical (unpaired) electrons. The highest BCUT2D eigenvalue weighted by molar-refractivity contribution is 7.99. The monoisotopic (exact) mass is 411 g/mol. The van der Waals surface area contributed by atoms with E-state index in [1.54, 1.807) is 31.6 Å². The smallest absolute Gasteiger partial charge is 0.250 e. The largest absolute Gasteiger partial charge is 0.497 e. The minimum absolute atomic E-state index is 0.181. The number of nitrogens with one attached hydrogen (secondary N) is 1. The Morgan fingerprint density at radius 3 is 2.83 bits per heavy atom. The number of thioether (sulfide) groups is 1. The highest BCUT2D eigenvalue weighted by Crippen LogP contribution is 2.25. The Balaban J connectivity index is 1.54. The van der Waals surface area contributed by atoms with Crippen LogP contribution in [-0.4, -0.2) is 39.7 Å². The summed E-state index contributed by atoms with van der Waals surface area (Å²) in [5.41, 5.74) is 3.41. The van der Waals surface area contributed by atoms with E-state index >= 15 is 0 Å². The third-order valence-electron chi connectivity index (χ3n) is 3.87. The maximum Gasteiger partial charge on any atom is 0.250 e. The van der Waals surface area contributed by atoms with Gasteiger partial charge in [0.05, 0.1) is 19.1 Å². The van der Waals surface area contributed by atoms with Crippen LogP contribution in [-0.2, 0) is 11.3 Å². The number of ether oxygens (including phenoxy) is 1. The second-order valence-electron chi connectivity index (χ2n) is 5.76. The molecule has 1 amide bonds. The number of hydrogen-bond acceptors (Lipinski definition) is 7. The van der Waals surface area contributed by atoms with Gasteiger partial charge in [0.25, 0.3) is 5.91 Å². The minimum Gasteiger partial charge on any atom is -0.497 e. The molecule has 0 atom stereocenters. The summed E-state index contributed by atoms with van der Waals surface area (Å²) in [4.78, 5) is 12.0. The molecule has 0 aliphatic heterocycles. The Morgan fingerprint density at radius 2 is 2.14 bits per heavy atom. The van der Waals surface area contributed by atoms with Crippen molar-refractivity contribution in [2.24, 2.45) is 5.10 Å². The molecule has 1 aromatic carbocycles. The van der Waals surface area contributed by atoms with Gasteiger partial charge in [-0.15, -0.1) is 10.2 Å². The fourth-order valence-corrected chi connectivity index (χ4v) is 3.27. The molecule has 0 saturated heterocycles. The molecule has 0 aliphatic rings. The molecule has 0 fully saturated rings. The lowest BCUT2D eigenvalue weighted by atomic mass is 10.2. The van der Waals surface area contributed by atoms with Gasteiger partial charge in [0.1, 0.15) is 11.5 Å². The van der Waals surface area contributed by atoms with E-state index in [2.05, 4.69) is 20.7 Å². The van der Waals surface area contributed by atoms with E-state index in [0.29, 0.717) is 17.5 Å². The first-order valence-electron chi connectivity index (χ1n) is 8.93. The van der Waals surface area contributed by atoms with Gasteiger partial charge < -0.3 is 13.7 Å². The molecule has 2 aromatic heterocycles. The van der Waals surface area contributed by atoms with Crippen molar-refractivity contribution in [3.8, 4) is 17.1 Å². The Kier molecular flexibility index (Phi) is 7.23. The van der Waals surface area contributed by atoms with Crippen LogP contribution in [0.2, 0.25) is 0 Å². The van der Waals surface area contributed by atoms with Gasteiger partial charge in [0, 0.05) is 18.3 Å². The number of hydrogen-bond donors (Lipinski definition) is 1. The van der Waals surface area contributed by atoms with E-state index in [0.717, 1.165) is 17.1 Å². The Labute approximate surface area is 172 Å². The van der Waals surface area contributed by atoms with Gasteiger partial charge in [-0.25, -0.2) is 5.43 Å². The third-order valence-corrected chi connectivity index (χ3v) is 4.83. The summed E-state index contributed by atoms with van der Waals surface area (Å²) in [6, 6.07) is 11.2. The van der Waals surface area contributed by atoms with Crippen LogP contribution in [0.3, 0.4) is 0 Å². The topological polar surface area (TPSA) is 94.5 Å². The molecule has 0 aliphatic carbocycles. The van der Waals surface area contributed by atoms with Crippen LogP contribution in [0, 0.1) is 0 Å². The van der Waals surface area contributed by atoms with Gasteiger partial charge >= 0.3 is 0 Å². The van der Waals surface area contributed by atoms with Gasteiger partial charge in [-0.3, -0.25) is 4.79 Å². The van der Waals surface area contributed by atoms with Crippen molar-refractivity contribution in [2.75, 3.05) is 12.9 Å². The normalized spacial score (nSPS) is 11.4. The van der Waals surface area contributed by atoms with E-state index in [1.807, 2.05) is 41.8 Å². The number of benzene rings is 1. The van der Waals surface area contributed by atoms with E-state index in [9.17, 15) is 4.79 Å². The summed E-state index contributed by atoms with van der Waals surface area (Å²) in [6.45, 7) is 2.70. The van der Waals surface area contributed by atoms with Crippen LogP contribution in [0.5, 0.6) is 5.75 Å². The number of nitrogens with zero attached hydrogens (tertiary/aromatic N) is 4. The second-order valence-corrected chi connectivity index (χ2v) is 6.70. The molecular weight excluding hydrogens is 390 g/mol. The highest BCUT2D eigenvalue weighted by atomic mass is 32.2. The summed E-state index contributed by atoms with van der Waals surface area (Å²) < 4.78 is 12.3. The molecule has 0 bridgehead atoms. The molecule has 3 rings (SSSR count). The molecule has 1 N–H and O–H groups in total. The molecule has 9 heteroatoms. The van der Waals surface area contributed by atoms with Crippen LogP contribution in [0.4, 0.5) is 0 Å². The number of carbonyl (C=O) groups excluding carboxylic acids is 1. The Hall–Kier alpha value is -3.33. The second kappa shape index (κ2) is 10.3. The molecule has 29 heavy (non-hydrogen) atoms. The molecule has 0 spiro atoms. The standard InChI is InChI=1S/C20H21N5O3S/c1-3-25-19(15-8-10-16(27-2)11-9-15)23-24-20(25)29-14-18(26)22-21-12-4-6-17-7-5-13-28-17/h4-13H,3,14H2,1-2H3,(H,22,26)/b6-4+,21-12+. The zero-order valence-corrected chi connectivity index (χ0v) is 16.9. The molecular formula is C20H21N5O3S. The predicted octanol–water partition coefficient (Wildman–Crippen LogP) is 3.47. The molecule has 3 aromatic rings. The maximum atomic E-state index is 12.0. The van der Waals surface area contributed by atoms with Crippen molar-refractivity contribution in [3.05, 3.63) is 54.5 Å². The van der Waals surface area contributed by atoms with Crippen LogP contribution >= 0.6 is 11.8 Å². The maximum absolute atomic E-state index is 12.0. The van der Waals surface area contributed by atoms with Crippen LogP contribution in [0.25, 0.3) is 17.5 Å². The zero-order chi connectivity index (χ0) is 20.5. The minimum atomic E-state index is -0.228. The lowest BCUT2D eigenvalue weighted by molar-refractivity contribution is -0.118. The average molecular weight is 411 g/mol.